The van der Waals surface area contributed by atoms with E-state index < -0.39 is 17.9 Å². The second-order valence-electron chi connectivity index (χ2n) is 6.28. The molecule has 2 amide bonds. The smallest absolute Gasteiger partial charge is 0.308 e. The van der Waals surface area contributed by atoms with Crippen LogP contribution in [0.15, 0.2) is 0 Å². The molecular formula is C14H19NO4. The second kappa shape index (κ2) is 4.32. The third-order valence-corrected chi connectivity index (χ3v) is 5.04. The van der Waals surface area contributed by atoms with Gasteiger partial charge in [0.2, 0.25) is 11.8 Å². The van der Waals surface area contributed by atoms with Gasteiger partial charge in [-0.25, -0.2) is 0 Å². The first kappa shape index (κ1) is 12.6. The summed E-state index contributed by atoms with van der Waals surface area (Å²) in [6, 6.07) is -0.404. The number of carboxylic acid groups (broad SMARTS) is 1. The van der Waals surface area contributed by atoms with Crippen LogP contribution in [0, 0.1) is 23.7 Å². The van der Waals surface area contributed by atoms with Crippen LogP contribution in [0.4, 0.5) is 0 Å². The van der Waals surface area contributed by atoms with Crippen LogP contribution >= 0.6 is 0 Å². The van der Waals surface area contributed by atoms with Crippen LogP contribution in [0.5, 0.6) is 0 Å². The zero-order valence-electron chi connectivity index (χ0n) is 11.0. The molecule has 0 bridgehead atoms. The monoisotopic (exact) mass is 265 g/mol. The van der Waals surface area contributed by atoms with Gasteiger partial charge in [0.05, 0.1) is 23.8 Å². The lowest BCUT2D eigenvalue weighted by atomic mass is 10.00. The largest absolute Gasteiger partial charge is 0.481 e. The van der Waals surface area contributed by atoms with E-state index in [1.54, 1.807) is 0 Å². The molecule has 5 heteroatoms. The molecule has 0 radical (unpaired) electrons. The highest BCUT2D eigenvalue weighted by molar-refractivity contribution is 6.06. The molecule has 5 nitrogen and oxygen atoms in total. The summed E-state index contributed by atoms with van der Waals surface area (Å²) in [6.07, 6.45) is 3.54. The Labute approximate surface area is 112 Å². The van der Waals surface area contributed by atoms with E-state index in [-0.39, 0.29) is 23.7 Å². The highest BCUT2D eigenvalue weighted by Crippen LogP contribution is 2.45. The summed E-state index contributed by atoms with van der Waals surface area (Å²) in [4.78, 5) is 37.4. The number of carbonyl (C=O) groups excluding carboxylic acids is 2. The number of aliphatic carboxylic acids is 1. The molecule has 4 unspecified atom stereocenters. The van der Waals surface area contributed by atoms with Crippen molar-refractivity contribution in [2.75, 3.05) is 0 Å². The third-order valence-electron chi connectivity index (χ3n) is 5.04. The summed E-state index contributed by atoms with van der Waals surface area (Å²) in [5.74, 6) is -1.62. The maximum atomic E-state index is 12.4. The molecular weight excluding hydrogens is 246 g/mol. The Kier molecular flexibility index (Phi) is 2.87. The number of fused-ring (bicyclic) bond motifs is 1. The minimum Gasteiger partial charge on any atom is -0.481 e. The van der Waals surface area contributed by atoms with Crippen molar-refractivity contribution >= 4 is 17.8 Å². The Morgan fingerprint density at radius 3 is 2.26 bits per heavy atom. The molecule has 0 spiro atoms. The average molecular weight is 265 g/mol. The maximum Gasteiger partial charge on any atom is 0.308 e. The molecule has 3 fully saturated rings. The van der Waals surface area contributed by atoms with Crippen LogP contribution in [0.2, 0.25) is 0 Å². The Balaban J connectivity index is 1.85. The Morgan fingerprint density at radius 2 is 1.74 bits per heavy atom. The number of carbonyl (C=O) groups is 3. The predicted molar refractivity (Wildman–Crippen MR) is 66.0 cm³/mol. The van der Waals surface area contributed by atoms with Crippen LogP contribution < -0.4 is 0 Å². The summed E-state index contributed by atoms with van der Waals surface area (Å²) >= 11 is 0. The van der Waals surface area contributed by atoms with Crippen LogP contribution in [0.3, 0.4) is 0 Å². The Morgan fingerprint density at radius 1 is 1.16 bits per heavy atom. The first-order valence-electron chi connectivity index (χ1n) is 7.10. The fourth-order valence-corrected chi connectivity index (χ4v) is 4.17. The van der Waals surface area contributed by atoms with Gasteiger partial charge in [-0.1, -0.05) is 13.3 Å². The van der Waals surface area contributed by atoms with Gasteiger partial charge in [0, 0.05) is 0 Å². The predicted octanol–water partition coefficient (Wildman–Crippen LogP) is 1.27. The molecule has 0 aromatic rings. The number of rotatable bonds is 2. The molecule has 2 saturated carbocycles. The van der Waals surface area contributed by atoms with Gasteiger partial charge >= 0.3 is 5.97 Å². The van der Waals surface area contributed by atoms with Gasteiger partial charge in [0.15, 0.2) is 0 Å². The van der Waals surface area contributed by atoms with Gasteiger partial charge in [-0.15, -0.1) is 0 Å². The molecule has 19 heavy (non-hydrogen) atoms. The molecule has 0 aromatic heterocycles. The molecule has 1 heterocycles. The van der Waals surface area contributed by atoms with Crippen molar-refractivity contribution in [1.29, 1.82) is 0 Å². The van der Waals surface area contributed by atoms with Crippen molar-refractivity contribution < 1.29 is 19.5 Å². The van der Waals surface area contributed by atoms with Gasteiger partial charge < -0.3 is 5.11 Å². The standard InChI is InChI=1S/C14H19NO4/c1-7-5-9-10(6-7)13(17)15(12(9)16)11-4-2-3-8(11)14(18)19/h7-11H,2-6H2,1H3,(H,18,19). The van der Waals surface area contributed by atoms with Crippen molar-refractivity contribution in [3.63, 3.8) is 0 Å². The number of amides is 2. The number of hydrogen-bond acceptors (Lipinski definition) is 3. The minimum absolute atomic E-state index is 0.113. The number of hydrogen-bond donors (Lipinski definition) is 1. The quantitative estimate of drug-likeness (QED) is 0.763. The van der Waals surface area contributed by atoms with Crippen molar-refractivity contribution in [2.24, 2.45) is 23.7 Å². The second-order valence-corrected chi connectivity index (χ2v) is 6.28. The highest BCUT2D eigenvalue weighted by atomic mass is 16.4. The zero-order chi connectivity index (χ0) is 13.7. The summed E-state index contributed by atoms with van der Waals surface area (Å²) in [5, 5.41) is 9.21. The topological polar surface area (TPSA) is 74.7 Å². The van der Waals surface area contributed by atoms with Gasteiger partial charge in [-0.3, -0.25) is 19.3 Å². The number of nitrogens with zero attached hydrogens (tertiary/aromatic N) is 1. The van der Waals surface area contributed by atoms with Crippen molar-refractivity contribution in [3.05, 3.63) is 0 Å². The summed E-state index contributed by atoms with van der Waals surface area (Å²) in [5.41, 5.74) is 0. The number of imide groups is 1. The highest BCUT2D eigenvalue weighted by Gasteiger charge is 2.55. The molecule has 1 saturated heterocycles. The van der Waals surface area contributed by atoms with E-state index in [0.717, 1.165) is 19.3 Å². The van der Waals surface area contributed by atoms with E-state index in [9.17, 15) is 19.5 Å². The maximum absolute atomic E-state index is 12.4. The van der Waals surface area contributed by atoms with E-state index in [2.05, 4.69) is 6.92 Å². The lowest BCUT2D eigenvalue weighted by molar-refractivity contribution is -0.149. The fourth-order valence-electron chi connectivity index (χ4n) is 4.17. The van der Waals surface area contributed by atoms with E-state index in [0.29, 0.717) is 18.8 Å². The number of carboxylic acids is 1. The Bertz CT molecular complexity index is 423. The molecule has 1 aliphatic heterocycles. The van der Waals surface area contributed by atoms with Crippen molar-refractivity contribution in [1.82, 2.24) is 4.90 Å². The molecule has 3 aliphatic rings. The van der Waals surface area contributed by atoms with E-state index in [1.165, 1.54) is 4.90 Å². The third kappa shape index (κ3) is 1.78. The van der Waals surface area contributed by atoms with Gasteiger partial charge in [-0.2, -0.15) is 0 Å². The molecule has 2 aliphatic carbocycles. The fraction of sp³-hybridized carbons (Fsp3) is 0.786. The molecule has 4 atom stereocenters. The van der Waals surface area contributed by atoms with Crippen LogP contribution in [-0.2, 0) is 14.4 Å². The lowest BCUT2D eigenvalue weighted by Crippen LogP contribution is -2.45. The van der Waals surface area contributed by atoms with Gasteiger partial charge in [0.25, 0.3) is 0 Å². The summed E-state index contributed by atoms with van der Waals surface area (Å²) < 4.78 is 0. The van der Waals surface area contributed by atoms with Crippen LogP contribution in [0.1, 0.15) is 39.0 Å². The van der Waals surface area contributed by atoms with E-state index in [4.69, 9.17) is 0 Å². The first-order chi connectivity index (χ1) is 9.00. The molecule has 104 valence electrons. The molecule has 3 rings (SSSR count). The van der Waals surface area contributed by atoms with E-state index >= 15 is 0 Å². The zero-order valence-corrected chi connectivity index (χ0v) is 11.0. The SMILES string of the molecule is CC1CC2C(=O)N(C3CCCC3C(=O)O)C(=O)C2C1. The first-order valence-corrected chi connectivity index (χ1v) is 7.10. The van der Waals surface area contributed by atoms with Crippen molar-refractivity contribution in [2.45, 2.75) is 45.1 Å². The van der Waals surface area contributed by atoms with Gasteiger partial charge in [0.1, 0.15) is 0 Å². The normalized spacial score (nSPS) is 41.9. The minimum atomic E-state index is -0.881. The average Bonchev–Trinajstić information content (AvgIpc) is 2.99. The lowest BCUT2D eigenvalue weighted by Gasteiger charge is -2.27. The van der Waals surface area contributed by atoms with E-state index in [1.807, 2.05) is 0 Å². The summed E-state index contributed by atoms with van der Waals surface area (Å²) in [6.45, 7) is 2.07. The Hall–Kier alpha value is -1.39. The molecule has 0 aromatic carbocycles. The van der Waals surface area contributed by atoms with Gasteiger partial charge in [-0.05, 0) is 31.6 Å². The van der Waals surface area contributed by atoms with Crippen LogP contribution in [-0.4, -0.2) is 33.8 Å². The number of likely N-dealkylation sites (tertiary alicyclic amines) is 1. The summed E-state index contributed by atoms with van der Waals surface area (Å²) in [7, 11) is 0. The van der Waals surface area contributed by atoms with Crippen LogP contribution in [0.25, 0.3) is 0 Å². The molecule has 1 N–H and O–H groups in total. The van der Waals surface area contributed by atoms with Crippen molar-refractivity contribution in [3.8, 4) is 0 Å².